The summed E-state index contributed by atoms with van der Waals surface area (Å²) in [4.78, 5) is 71.9. The molecule has 0 saturated carbocycles. The van der Waals surface area contributed by atoms with Crippen molar-refractivity contribution in [3.63, 3.8) is 0 Å². The van der Waals surface area contributed by atoms with E-state index in [1.165, 1.54) is 6.07 Å². The summed E-state index contributed by atoms with van der Waals surface area (Å²) >= 11 is 1.77. The fourth-order valence-electron chi connectivity index (χ4n) is 3.19. The number of amides is 4. The predicted octanol–water partition coefficient (Wildman–Crippen LogP) is -1.57. The number of rotatable bonds is 6. The molecular formula is C19H23IN6O9. The summed E-state index contributed by atoms with van der Waals surface area (Å²) in [6.45, 7) is -0.866. The molecule has 0 bridgehead atoms. The first kappa shape index (κ1) is 27.7. The van der Waals surface area contributed by atoms with Gasteiger partial charge >= 0.3 is 5.97 Å². The first-order chi connectivity index (χ1) is 16.4. The lowest BCUT2D eigenvalue weighted by atomic mass is 10.1. The van der Waals surface area contributed by atoms with Gasteiger partial charge in [-0.1, -0.05) is 0 Å². The highest BCUT2D eigenvalue weighted by Crippen LogP contribution is 2.29. The van der Waals surface area contributed by atoms with Crippen molar-refractivity contribution in [1.29, 1.82) is 0 Å². The summed E-state index contributed by atoms with van der Waals surface area (Å²) < 4.78 is 0.278. The molecule has 1 aromatic carbocycles. The number of non-ortho nitro benzene ring substituents is 1. The predicted molar refractivity (Wildman–Crippen MR) is 127 cm³/mol. The van der Waals surface area contributed by atoms with Gasteiger partial charge in [0.15, 0.2) is 0 Å². The van der Waals surface area contributed by atoms with E-state index in [4.69, 9.17) is 10.8 Å². The number of hydrogen-bond acceptors (Lipinski definition) is 9. The third kappa shape index (κ3) is 7.47. The van der Waals surface area contributed by atoms with Crippen LogP contribution in [-0.4, -0.2) is 76.0 Å². The zero-order chi connectivity index (χ0) is 26.3. The van der Waals surface area contributed by atoms with Gasteiger partial charge in [0, 0.05) is 28.7 Å². The number of nitrogens with one attached hydrogen (secondary N) is 4. The SMILES string of the molecule is NC(=O)[C@@H]1CCNc2c(I)cc([N+](=O)[O-])cc2C(=O)N[C@@H](CCC(=O)O)C(=O)N[C@@H](CO)C(=O)N1. The minimum atomic E-state index is -1.53. The number of carbonyl (C=O) groups is 5. The number of halogens is 1. The van der Waals surface area contributed by atoms with Gasteiger partial charge in [-0.05, 0) is 35.4 Å². The van der Waals surface area contributed by atoms with E-state index in [-0.39, 0.29) is 34.2 Å². The molecule has 15 nitrogen and oxygen atoms in total. The summed E-state index contributed by atoms with van der Waals surface area (Å²) in [5.41, 5.74) is 4.90. The number of anilines is 1. The standard InChI is InChI=1S/C19H23IN6O9/c20-10-6-8(26(34)35)5-9-15(10)22-4-3-11(16(21)30)23-19(33)13(7-27)25-18(32)12(24-17(9)31)1-2-14(28)29/h5-6,11-13,22,27H,1-4,7H2,(H2,21,30)(H,23,33)(H,24,31)(H,25,32)(H,28,29)/t11-,12-,13-/m0/s1. The van der Waals surface area contributed by atoms with Crippen molar-refractivity contribution < 1.29 is 39.1 Å². The Kier molecular flexibility index (Phi) is 9.69. The third-order valence-electron chi connectivity index (χ3n) is 5.01. The molecule has 0 spiro atoms. The molecule has 0 saturated heterocycles. The fraction of sp³-hybridized carbons (Fsp3) is 0.421. The van der Waals surface area contributed by atoms with E-state index in [0.29, 0.717) is 0 Å². The van der Waals surface area contributed by atoms with Crippen molar-refractivity contribution in [1.82, 2.24) is 16.0 Å². The Morgan fingerprint density at radius 3 is 2.37 bits per heavy atom. The van der Waals surface area contributed by atoms with E-state index in [1.807, 2.05) is 0 Å². The van der Waals surface area contributed by atoms with Crippen LogP contribution in [0, 0.1) is 13.7 Å². The van der Waals surface area contributed by atoms with E-state index < -0.39 is 71.4 Å². The monoisotopic (exact) mass is 606 g/mol. The van der Waals surface area contributed by atoms with Crippen LogP contribution < -0.4 is 27.0 Å². The van der Waals surface area contributed by atoms with Gasteiger partial charge in [0.25, 0.3) is 11.6 Å². The minimum absolute atomic E-state index is 0.000568. The molecule has 16 heteroatoms. The van der Waals surface area contributed by atoms with E-state index in [0.717, 1.165) is 6.07 Å². The molecule has 0 aromatic heterocycles. The van der Waals surface area contributed by atoms with Crippen molar-refractivity contribution in [2.24, 2.45) is 5.73 Å². The van der Waals surface area contributed by atoms with Gasteiger partial charge in [0.05, 0.1) is 22.8 Å². The number of aliphatic carboxylic acids is 1. The van der Waals surface area contributed by atoms with E-state index >= 15 is 0 Å². The fourth-order valence-corrected chi connectivity index (χ4v) is 4.00. The van der Waals surface area contributed by atoms with Crippen LogP contribution >= 0.6 is 22.6 Å². The highest BCUT2D eigenvalue weighted by molar-refractivity contribution is 14.1. The first-order valence-corrected chi connectivity index (χ1v) is 11.3. The maximum Gasteiger partial charge on any atom is 0.303 e. The second-order valence-electron chi connectivity index (χ2n) is 7.49. The van der Waals surface area contributed by atoms with Crippen LogP contribution in [0.4, 0.5) is 11.4 Å². The van der Waals surface area contributed by atoms with E-state index in [2.05, 4.69) is 21.3 Å². The molecule has 1 aliphatic rings. The van der Waals surface area contributed by atoms with Crippen LogP contribution in [-0.2, 0) is 19.2 Å². The van der Waals surface area contributed by atoms with Crippen molar-refractivity contribution in [3.05, 3.63) is 31.4 Å². The molecule has 1 aliphatic heterocycles. The van der Waals surface area contributed by atoms with Crippen LogP contribution in [0.3, 0.4) is 0 Å². The molecular weight excluding hydrogens is 583 g/mol. The molecule has 1 heterocycles. The Labute approximate surface area is 211 Å². The largest absolute Gasteiger partial charge is 0.481 e. The quantitative estimate of drug-likeness (QED) is 0.111. The average Bonchev–Trinajstić information content (AvgIpc) is 2.78. The van der Waals surface area contributed by atoms with Gasteiger partial charge in [0.2, 0.25) is 17.7 Å². The summed E-state index contributed by atoms with van der Waals surface area (Å²) in [6.07, 6.45) is -0.969. The third-order valence-corrected chi connectivity index (χ3v) is 5.86. The first-order valence-electron chi connectivity index (χ1n) is 10.2. The van der Waals surface area contributed by atoms with E-state index in [9.17, 15) is 39.2 Å². The maximum absolute atomic E-state index is 13.1. The Hall–Kier alpha value is -3.54. The number of nitro benzene ring substituents is 1. The van der Waals surface area contributed by atoms with Gasteiger partial charge in [-0.3, -0.25) is 34.1 Å². The number of carbonyl (C=O) groups excluding carboxylic acids is 4. The van der Waals surface area contributed by atoms with Crippen LogP contribution in [0.2, 0.25) is 0 Å². The molecule has 0 fully saturated rings. The summed E-state index contributed by atoms with van der Waals surface area (Å²) in [5.74, 6) is -5.00. The number of benzene rings is 1. The molecule has 3 atom stereocenters. The van der Waals surface area contributed by atoms with Crippen molar-refractivity contribution in [2.75, 3.05) is 18.5 Å². The maximum atomic E-state index is 13.1. The number of hydrogen-bond donors (Lipinski definition) is 7. The summed E-state index contributed by atoms with van der Waals surface area (Å²) in [7, 11) is 0. The Bertz CT molecular complexity index is 1050. The number of fused-ring (bicyclic) bond motifs is 1. The second-order valence-corrected chi connectivity index (χ2v) is 8.65. The lowest BCUT2D eigenvalue weighted by molar-refractivity contribution is -0.384. The number of nitrogens with two attached hydrogens (primary N) is 1. The number of primary amides is 1. The van der Waals surface area contributed by atoms with Crippen molar-refractivity contribution in [2.45, 2.75) is 37.4 Å². The minimum Gasteiger partial charge on any atom is -0.481 e. The summed E-state index contributed by atoms with van der Waals surface area (Å²) in [5, 5.41) is 39.7. The van der Waals surface area contributed by atoms with Crippen LogP contribution in [0.1, 0.15) is 29.6 Å². The van der Waals surface area contributed by atoms with Gasteiger partial charge < -0.3 is 37.2 Å². The molecule has 4 amide bonds. The van der Waals surface area contributed by atoms with Crippen molar-refractivity contribution >= 4 is 63.6 Å². The van der Waals surface area contributed by atoms with Gasteiger partial charge in [0.1, 0.15) is 18.1 Å². The second kappa shape index (κ2) is 12.2. The molecule has 0 aliphatic carbocycles. The number of aliphatic hydroxyl groups excluding tert-OH is 1. The Morgan fingerprint density at radius 1 is 1.14 bits per heavy atom. The number of aliphatic hydroxyl groups is 1. The molecule has 190 valence electrons. The number of nitro groups is 1. The lowest BCUT2D eigenvalue weighted by Gasteiger charge is -2.25. The molecule has 1 aromatic rings. The summed E-state index contributed by atoms with van der Waals surface area (Å²) in [6, 6.07) is -2.02. The van der Waals surface area contributed by atoms with Gasteiger partial charge in [-0.2, -0.15) is 0 Å². The Morgan fingerprint density at radius 2 is 1.80 bits per heavy atom. The topological polar surface area (TPSA) is 243 Å². The van der Waals surface area contributed by atoms with Crippen LogP contribution in [0.15, 0.2) is 12.1 Å². The zero-order valence-electron chi connectivity index (χ0n) is 18.1. The average molecular weight is 606 g/mol. The molecule has 0 unspecified atom stereocenters. The lowest BCUT2D eigenvalue weighted by Crippen LogP contribution is -2.58. The van der Waals surface area contributed by atoms with Crippen molar-refractivity contribution in [3.8, 4) is 0 Å². The van der Waals surface area contributed by atoms with Crippen LogP contribution in [0.25, 0.3) is 0 Å². The molecule has 2 rings (SSSR count). The van der Waals surface area contributed by atoms with Gasteiger partial charge in [-0.25, -0.2) is 0 Å². The normalized spacial score (nSPS) is 21.3. The smallest absolute Gasteiger partial charge is 0.303 e. The van der Waals surface area contributed by atoms with Crippen LogP contribution in [0.5, 0.6) is 0 Å². The molecule has 8 N–H and O–H groups in total. The Balaban J connectivity index is 2.55. The zero-order valence-corrected chi connectivity index (χ0v) is 20.2. The van der Waals surface area contributed by atoms with Gasteiger partial charge in [-0.15, -0.1) is 0 Å². The molecule has 0 radical (unpaired) electrons. The highest BCUT2D eigenvalue weighted by atomic mass is 127. The number of carboxylic acids is 1. The number of carboxylic acid groups (broad SMARTS) is 1. The molecule has 35 heavy (non-hydrogen) atoms. The highest BCUT2D eigenvalue weighted by Gasteiger charge is 2.31. The van der Waals surface area contributed by atoms with E-state index in [1.54, 1.807) is 22.6 Å². The number of nitrogens with zero attached hydrogens (tertiary/aromatic N) is 1.